The minimum atomic E-state index is -0.435. The number of hydrogen-bond donors (Lipinski definition) is 0. The third-order valence-electron chi connectivity index (χ3n) is 2.92. The highest BCUT2D eigenvalue weighted by atomic mass is 79.9. The monoisotopic (exact) mass is 306 g/mol. The zero-order valence-electron chi connectivity index (χ0n) is 9.97. The number of ether oxygens (including phenoxy) is 1. The van der Waals surface area contributed by atoms with Gasteiger partial charge in [-0.15, -0.1) is 0 Å². The fourth-order valence-corrected chi connectivity index (χ4v) is 2.07. The van der Waals surface area contributed by atoms with E-state index in [2.05, 4.69) is 39.7 Å². The molecule has 1 heterocycles. The first-order valence-electron chi connectivity index (χ1n) is 5.26. The van der Waals surface area contributed by atoms with Gasteiger partial charge in [-0.25, -0.2) is 9.97 Å². The Kier molecular flexibility index (Phi) is 4.71. The van der Waals surface area contributed by atoms with Gasteiger partial charge in [-0.3, -0.25) is 0 Å². The van der Waals surface area contributed by atoms with Crippen LogP contribution in [0.5, 0.6) is 0 Å². The lowest BCUT2D eigenvalue weighted by Crippen LogP contribution is -2.29. The molecular weight excluding hydrogens is 291 g/mol. The van der Waals surface area contributed by atoms with Crippen LogP contribution in [0, 0.1) is 6.92 Å². The van der Waals surface area contributed by atoms with Crippen molar-refractivity contribution in [1.29, 1.82) is 0 Å². The number of aromatic nitrogens is 2. The lowest BCUT2D eigenvalue weighted by atomic mass is 9.96. The summed E-state index contributed by atoms with van der Waals surface area (Å²) in [6.07, 6.45) is 1.63. The van der Waals surface area contributed by atoms with Crippen LogP contribution in [0.4, 0.5) is 0 Å². The molecule has 90 valence electrons. The first-order chi connectivity index (χ1) is 7.50. The van der Waals surface area contributed by atoms with Crippen LogP contribution in [0.3, 0.4) is 0 Å². The third kappa shape index (κ3) is 2.39. The van der Waals surface area contributed by atoms with Crippen LogP contribution >= 0.6 is 27.5 Å². The highest BCUT2D eigenvalue weighted by molar-refractivity contribution is 9.10. The third-order valence-corrected chi connectivity index (χ3v) is 4.37. The molecule has 1 rings (SSSR count). The molecule has 5 heteroatoms. The summed E-state index contributed by atoms with van der Waals surface area (Å²) >= 11 is 9.39. The van der Waals surface area contributed by atoms with Crippen LogP contribution < -0.4 is 0 Å². The molecule has 0 unspecified atom stereocenters. The number of nitrogens with zero attached hydrogens (tertiary/aromatic N) is 2. The predicted octanol–water partition coefficient (Wildman–Crippen LogP) is 3.86. The van der Waals surface area contributed by atoms with Gasteiger partial charge in [0.2, 0.25) is 0 Å². The van der Waals surface area contributed by atoms with Crippen molar-refractivity contribution in [2.45, 2.75) is 39.2 Å². The van der Waals surface area contributed by atoms with E-state index in [1.165, 1.54) is 0 Å². The van der Waals surface area contributed by atoms with Gasteiger partial charge in [0.1, 0.15) is 10.8 Å². The molecule has 0 spiro atoms. The van der Waals surface area contributed by atoms with E-state index in [1.54, 1.807) is 7.11 Å². The van der Waals surface area contributed by atoms with Gasteiger partial charge in [0.25, 0.3) is 0 Å². The maximum Gasteiger partial charge on any atom is 0.162 e. The molecule has 0 saturated carbocycles. The minimum absolute atomic E-state index is 0.435. The number of halogens is 2. The molecule has 1 aromatic rings. The summed E-state index contributed by atoms with van der Waals surface area (Å²) in [5, 5.41) is 0.436. The highest BCUT2D eigenvalue weighted by Crippen LogP contribution is 2.33. The van der Waals surface area contributed by atoms with Crippen molar-refractivity contribution in [3.63, 3.8) is 0 Å². The Morgan fingerprint density at radius 2 is 1.88 bits per heavy atom. The molecular formula is C11H16BrClN2O. The van der Waals surface area contributed by atoms with Crippen molar-refractivity contribution in [2.24, 2.45) is 0 Å². The molecule has 0 aromatic carbocycles. The van der Waals surface area contributed by atoms with Crippen LogP contribution in [-0.2, 0) is 10.3 Å². The van der Waals surface area contributed by atoms with Gasteiger partial charge in [0.05, 0.1) is 10.2 Å². The molecule has 0 amide bonds. The van der Waals surface area contributed by atoms with Crippen LogP contribution in [0.1, 0.15) is 38.2 Å². The van der Waals surface area contributed by atoms with Crippen molar-refractivity contribution >= 4 is 27.5 Å². The van der Waals surface area contributed by atoms with E-state index in [4.69, 9.17) is 16.3 Å². The minimum Gasteiger partial charge on any atom is -0.370 e. The largest absolute Gasteiger partial charge is 0.370 e. The molecule has 0 bridgehead atoms. The van der Waals surface area contributed by atoms with Crippen molar-refractivity contribution in [1.82, 2.24) is 9.97 Å². The smallest absolute Gasteiger partial charge is 0.162 e. The Labute approximate surface area is 110 Å². The van der Waals surface area contributed by atoms with Crippen LogP contribution in [0.2, 0.25) is 5.15 Å². The molecule has 0 atom stereocenters. The van der Waals surface area contributed by atoms with Crippen LogP contribution in [0.15, 0.2) is 4.47 Å². The average molecular weight is 308 g/mol. The highest BCUT2D eigenvalue weighted by Gasteiger charge is 2.32. The van der Waals surface area contributed by atoms with E-state index in [0.29, 0.717) is 11.0 Å². The standard InChI is InChI=1S/C11H16BrClN2O/c1-5-11(6-2,16-4)10-14-7(3)8(12)9(13)15-10/h5-6H2,1-4H3. The normalized spacial score (nSPS) is 11.9. The fourth-order valence-electron chi connectivity index (χ4n) is 1.67. The molecule has 1 aromatic heterocycles. The molecule has 16 heavy (non-hydrogen) atoms. The van der Waals surface area contributed by atoms with Crippen LogP contribution in [-0.4, -0.2) is 17.1 Å². The summed E-state index contributed by atoms with van der Waals surface area (Å²) < 4.78 is 6.32. The zero-order valence-corrected chi connectivity index (χ0v) is 12.3. The second kappa shape index (κ2) is 5.43. The Morgan fingerprint density at radius 3 is 2.25 bits per heavy atom. The Hall–Kier alpha value is -0.190. The predicted molar refractivity (Wildman–Crippen MR) is 68.7 cm³/mol. The molecule has 3 nitrogen and oxygen atoms in total. The van der Waals surface area contributed by atoms with Gasteiger partial charge in [0, 0.05) is 7.11 Å². The van der Waals surface area contributed by atoms with Gasteiger partial charge in [-0.05, 0) is 35.7 Å². The first kappa shape index (κ1) is 13.9. The van der Waals surface area contributed by atoms with Gasteiger partial charge >= 0.3 is 0 Å². The molecule has 0 fully saturated rings. The lowest BCUT2D eigenvalue weighted by molar-refractivity contribution is -0.0293. The summed E-state index contributed by atoms with van der Waals surface area (Å²) in [6, 6.07) is 0. The van der Waals surface area contributed by atoms with Crippen molar-refractivity contribution in [3.8, 4) is 0 Å². The van der Waals surface area contributed by atoms with Crippen molar-refractivity contribution in [3.05, 3.63) is 21.1 Å². The molecule has 0 aliphatic carbocycles. The summed E-state index contributed by atoms with van der Waals surface area (Å²) in [5.41, 5.74) is 0.396. The second-order valence-corrected chi connectivity index (χ2v) is 4.79. The van der Waals surface area contributed by atoms with E-state index in [1.807, 2.05) is 6.92 Å². The SMILES string of the molecule is CCC(CC)(OC)c1nc(C)c(Br)c(Cl)n1. The fraction of sp³-hybridized carbons (Fsp3) is 0.636. The quantitative estimate of drug-likeness (QED) is 0.792. The van der Waals surface area contributed by atoms with Gasteiger partial charge < -0.3 is 4.74 Å². The van der Waals surface area contributed by atoms with Gasteiger partial charge in [0.15, 0.2) is 5.82 Å². The average Bonchev–Trinajstić information content (AvgIpc) is 2.29. The lowest BCUT2D eigenvalue weighted by Gasteiger charge is -2.28. The molecule has 0 N–H and O–H groups in total. The second-order valence-electron chi connectivity index (χ2n) is 3.64. The number of methoxy groups -OCH3 is 1. The molecule has 0 saturated heterocycles. The van der Waals surface area contributed by atoms with Gasteiger partial charge in [-0.2, -0.15) is 0 Å². The van der Waals surface area contributed by atoms with Crippen molar-refractivity contribution < 1.29 is 4.74 Å². The first-order valence-corrected chi connectivity index (χ1v) is 6.43. The molecule has 0 aliphatic heterocycles. The number of hydrogen-bond acceptors (Lipinski definition) is 3. The zero-order chi connectivity index (χ0) is 12.3. The van der Waals surface area contributed by atoms with Gasteiger partial charge in [-0.1, -0.05) is 25.4 Å². The number of aryl methyl sites for hydroxylation is 1. The van der Waals surface area contributed by atoms with E-state index >= 15 is 0 Å². The summed E-state index contributed by atoms with van der Waals surface area (Å²) in [5.74, 6) is 0.658. The van der Waals surface area contributed by atoms with E-state index < -0.39 is 5.60 Å². The van der Waals surface area contributed by atoms with E-state index in [-0.39, 0.29) is 0 Å². The Morgan fingerprint density at radius 1 is 1.31 bits per heavy atom. The maximum absolute atomic E-state index is 6.04. The maximum atomic E-state index is 6.04. The van der Waals surface area contributed by atoms with E-state index in [9.17, 15) is 0 Å². The molecule has 0 radical (unpaired) electrons. The Balaban J connectivity index is 3.31. The van der Waals surface area contributed by atoms with Crippen LogP contribution in [0.25, 0.3) is 0 Å². The molecule has 0 aliphatic rings. The number of rotatable bonds is 4. The summed E-state index contributed by atoms with van der Waals surface area (Å²) in [6.45, 7) is 6.01. The van der Waals surface area contributed by atoms with E-state index in [0.717, 1.165) is 23.0 Å². The summed E-state index contributed by atoms with van der Waals surface area (Å²) in [4.78, 5) is 8.75. The van der Waals surface area contributed by atoms with Crippen molar-refractivity contribution in [2.75, 3.05) is 7.11 Å². The topological polar surface area (TPSA) is 35.0 Å². The Bertz CT molecular complexity index is 349. The summed E-state index contributed by atoms with van der Waals surface area (Å²) in [7, 11) is 1.68.